The van der Waals surface area contributed by atoms with Crippen LogP contribution in [0.15, 0.2) is 48.5 Å². The molecule has 6 nitrogen and oxygen atoms in total. The summed E-state index contributed by atoms with van der Waals surface area (Å²) in [5.41, 5.74) is 2.07. The number of carbonyl (C=O) groups is 3. The zero-order chi connectivity index (χ0) is 18.1. The highest BCUT2D eigenvalue weighted by Crippen LogP contribution is 2.24. The molecule has 1 unspecified atom stereocenters. The van der Waals surface area contributed by atoms with E-state index < -0.39 is 18.0 Å². The Labute approximate surface area is 150 Å². The predicted octanol–water partition coefficient (Wildman–Crippen LogP) is 2.30. The third kappa shape index (κ3) is 3.31. The number of fused-ring (bicyclic) bond motifs is 1. The van der Waals surface area contributed by atoms with Gasteiger partial charge in [-0.3, -0.25) is 9.59 Å². The standard InChI is InChI=1S/C20H18N2O4/c23-18(21-13-9-10-13)15-7-3-4-8-16(15)22-19(24)17-11-12-5-1-2-6-14(12)20(25)26-17/h1-8,13,17H,9-11H2,(H,21,23)(H,22,24). The van der Waals surface area contributed by atoms with Crippen LogP contribution in [-0.4, -0.2) is 29.9 Å². The molecule has 1 saturated carbocycles. The lowest BCUT2D eigenvalue weighted by Crippen LogP contribution is -2.38. The highest BCUT2D eigenvalue weighted by molar-refractivity contribution is 6.06. The summed E-state index contributed by atoms with van der Waals surface area (Å²) in [5.74, 6) is -1.17. The number of anilines is 1. The van der Waals surface area contributed by atoms with Crippen LogP contribution in [0, 0.1) is 0 Å². The van der Waals surface area contributed by atoms with E-state index in [2.05, 4.69) is 10.6 Å². The van der Waals surface area contributed by atoms with Crippen LogP contribution in [0.25, 0.3) is 0 Å². The van der Waals surface area contributed by atoms with Crippen molar-refractivity contribution in [2.45, 2.75) is 31.4 Å². The highest BCUT2D eigenvalue weighted by Gasteiger charge is 2.32. The molecule has 2 aromatic rings. The topological polar surface area (TPSA) is 84.5 Å². The predicted molar refractivity (Wildman–Crippen MR) is 94.9 cm³/mol. The lowest BCUT2D eigenvalue weighted by atomic mass is 9.98. The number of para-hydroxylation sites is 1. The zero-order valence-corrected chi connectivity index (χ0v) is 14.0. The number of esters is 1. The van der Waals surface area contributed by atoms with Crippen LogP contribution in [0.4, 0.5) is 5.69 Å². The van der Waals surface area contributed by atoms with Crippen molar-refractivity contribution < 1.29 is 19.1 Å². The molecular formula is C20H18N2O4. The largest absolute Gasteiger partial charge is 0.448 e. The van der Waals surface area contributed by atoms with E-state index in [0.717, 1.165) is 18.4 Å². The van der Waals surface area contributed by atoms with Gasteiger partial charge in [0.25, 0.3) is 11.8 Å². The fourth-order valence-electron chi connectivity index (χ4n) is 2.97. The van der Waals surface area contributed by atoms with Crippen molar-refractivity contribution in [1.82, 2.24) is 5.32 Å². The summed E-state index contributed by atoms with van der Waals surface area (Å²) in [5, 5.41) is 5.64. The Morgan fingerprint density at radius 1 is 1.00 bits per heavy atom. The normalized spacial score (nSPS) is 18.5. The molecule has 132 valence electrons. The molecule has 1 fully saturated rings. The Balaban J connectivity index is 1.50. The van der Waals surface area contributed by atoms with Crippen molar-refractivity contribution in [3.8, 4) is 0 Å². The lowest BCUT2D eigenvalue weighted by Gasteiger charge is -2.24. The van der Waals surface area contributed by atoms with Gasteiger partial charge >= 0.3 is 5.97 Å². The second-order valence-corrected chi connectivity index (χ2v) is 6.54. The van der Waals surface area contributed by atoms with Gasteiger partial charge in [0, 0.05) is 12.5 Å². The molecule has 6 heteroatoms. The van der Waals surface area contributed by atoms with Crippen molar-refractivity contribution in [3.05, 3.63) is 65.2 Å². The summed E-state index contributed by atoms with van der Waals surface area (Å²) >= 11 is 0. The summed E-state index contributed by atoms with van der Waals surface area (Å²) < 4.78 is 5.27. The number of nitrogens with one attached hydrogen (secondary N) is 2. The first kappa shape index (κ1) is 16.3. The number of ether oxygens (including phenoxy) is 1. The fraction of sp³-hybridized carbons (Fsp3) is 0.250. The summed E-state index contributed by atoms with van der Waals surface area (Å²) in [6.07, 6.45) is 1.36. The molecule has 1 aliphatic carbocycles. The highest BCUT2D eigenvalue weighted by atomic mass is 16.5. The van der Waals surface area contributed by atoms with Crippen LogP contribution in [0.2, 0.25) is 0 Å². The van der Waals surface area contributed by atoms with E-state index in [0.29, 0.717) is 23.2 Å². The first-order valence-corrected chi connectivity index (χ1v) is 8.61. The van der Waals surface area contributed by atoms with Crippen LogP contribution in [-0.2, 0) is 16.0 Å². The Hall–Kier alpha value is -3.15. The molecule has 0 radical (unpaired) electrons. The molecule has 0 spiro atoms. The first-order valence-electron chi connectivity index (χ1n) is 8.61. The third-order valence-corrected chi connectivity index (χ3v) is 4.53. The second kappa shape index (κ2) is 6.63. The number of benzene rings is 2. The SMILES string of the molecule is O=C1OC(C(=O)Nc2ccccc2C(=O)NC2CC2)Cc2ccccc21. The van der Waals surface area contributed by atoms with Crippen LogP contribution in [0.1, 0.15) is 39.1 Å². The monoisotopic (exact) mass is 350 g/mol. The smallest absolute Gasteiger partial charge is 0.339 e. The molecule has 1 heterocycles. The van der Waals surface area contributed by atoms with Crippen molar-refractivity contribution >= 4 is 23.5 Å². The first-order chi connectivity index (χ1) is 12.6. The molecule has 0 bridgehead atoms. The van der Waals surface area contributed by atoms with Gasteiger partial charge in [-0.1, -0.05) is 30.3 Å². The lowest BCUT2D eigenvalue weighted by molar-refractivity contribution is -0.125. The van der Waals surface area contributed by atoms with Crippen LogP contribution < -0.4 is 10.6 Å². The molecule has 1 aliphatic heterocycles. The van der Waals surface area contributed by atoms with Gasteiger partial charge in [-0.15, -0.1) is 0 Å². The van der Waals surface area contributed by atoms with E-state index in [1.807, 2.05) is 12.1 Å². The maximum Gasteiger partial charge on any atom is 0.339 e. The number of carbonyl (C=O) groups excluding carboxylic acids is 3. The van der Waals surface area contributed by atoms with Crippen molar-refractivity contribution in [1.29, 1.82) is 0 Å². The number of cyclic esters (lactones) is 1. The minimum Gasteiger partial charge on any atom is -0.448 e. The van der Waals surface area contributed by atoms with Crippen LogP contribution >= 0.6 is 0 Å². The summed E-state index contributed by atoms with van der Waals surface area (Å²) in [6, 6.07) is 14.1. The second-order valence-electron chi connectivity index (χ2n) is 6.54. The molecule has 4 rings (SSSR count). The quantitative estimate of drug-likeness (QED) is 0.829. The van der Waals surface area contributed by atoms with E-state index in [-0.39, 0.29) is 11.9 Å². The average Bonchev–Trinajstić information content (AvgIpc) is 3.46. The van der Waals surface area contributed by atoms with Crippen LogP contribution in [0.5, 0.6) is 0 Å². The van der Waals surface area contributed by atoms with Gasteiger partial charge in [0.15, 0.2) is 6.10 Å². The van der Waals surface area contributed by atoms with Crippen LogP contribution in [0.3, 0.4) is 0 Å². The van der Waals surface area contributed by atoms with Gasteiger partial charge in [-0.25, -0.2) is 4.79 Å². The Kier molecular flexibility index (Phi) is 4.16. The van der Waals surface area contributed by atoms with E-state index >= 15 is 0 Å². The fourth-order valence-corrected chi connectivity index (χ4v) is 2.97. The van der Waals surface area contributed by atoms with Crippen molar-refractivity contribution in [2.24, 2.45) is 0 Å². The number of hydrogen-bond acceptors (Lipinski definition) is 4. The van der Waals surface area contributed by atoms with Crippen molar-refractivity contribution in [3.63, 3.8) is 0 Å². The summed E-state index contributed by atoms with van der Waals surface area (Å²) in [7, 11) is 0. The minimum atomic E-state index is -0.919. The molecule has 1 atom stereocenters. The Bertz CT molecular complexity index is 889. The van der Waals surface area contributed by atoms with E-state index in [1.54, 1.807) is 36.4 Å². The van der Waals surface area contributed by atoms with E-state index in [9.17, 15) is 14.4 Å². The van der Waals surface area contributed by atoms with E-state index in [4.69, 9.17) is 4.74 Å². The Morgan fingerprint density at radius 2 is 1.73 bits per heavy atom. The zero-order valence-electron chi connectivity index (χ0n) is 14.0. The maximum atomic E-state index is 12.6. The van der Waals surface area contributed by atoms with Gasteiger partial charge in [-0.05, 0) is 36.6 Å². The Morgan fingerprint density at radius 3 is 2.54 bits per heavy atom. The molecule has 2 aliphatic rings. The number of amides is 2. The van der Waals surface area contributed by atoms with Gasteiger partial charge in [0.05, 0.1) is 16.8 Å². The molecule has 0 aromatic heterocycles. The molecule has 2 aromatic carbocycles. The summed E-state index contributed by atoms with van der Waals surface area (Å²) in [4.78, 5) is 37.0. The third-order valence-electron chi connectivity index (χ3n) is 4.53. The van der Waals surface area contributed by atoms with E-state index in [1.165, 1.54) is 0 Å². The van der Waals surface area contributed by atoms with Crippen molar-refractivity contribution in [2.75, 3.05) is 5.32 Å². The molecule has 0 saturated heterocycles. The number of hydrogen-bond donors (Lipinski definition) is 2. The maximum absolute atomic E-state index is 12.6. The molecular weight excluding hydrogens is 332 g/mol. The molecule has 2 amide bonds. The van der Waals surface area contributed by atoms with Gasteiger partial charge in [0.1, 0.15) is 0 Å². The van der Waals surface area contributed by atoms with Gasteiger partial charge in [0.2, 0.25) is 0 Å². The molecule has 2 N–H and O–H groups in total. The van der Waals surface area contributed by atoms with Gasteiger partial charge < -0.3 is 15.4 Å². The molecule has 26 heavy (non-hydrogen) atoms. The number of rotatable bonds is 4. The minimum absolute atomic E-state index is 0.214. The summed E-state index contributed by atoms with van der Waals surface area (Å²) in [6.45, 7) is 0. The van der Waals surface area contributed by atoms with Gasteiger partial charge in [-0.2, -0.15) is 0 Å². The average molecular weight is 350 g/mol.